The fourth-order valence-corrected chi connectivity index (χ4v) is 6.51. The molecule has 3 heterocycles. The molecule has 2 aliphatic rings. The van der Waals surface area contributed by atoms with E-state index in [4.69, 9.17) is 16.0 Å². The number of nitrogen functional groups attached to an aromatic ring is 1. The Kier molecular flexibility index (Phi) is 5.91. The van der Waals surface area contributed by atoms with Gasteiger partial charge in [-0.25, -0.2) is 9.97 Å². The molecule has 1 amide bonds. The summed E-state index contributed by atoms with van der Waals surface area (Å²) in [7, 11) is 0. The molecule has 9 heteroatoms. The standard InChI is InChI=1S/C30H29N7O2/c1-19-7-13-33-22(16-19)17-23(38)20-2-4-21(5-3-20)25-26-27(32)34-14-15-37(26)28(35-25)29-8-10-30(18-29,11-9-29)36-24(39)6-12-31/h2-5,7,13-16H,6,8-11,17-18H2,1H3,(H2,32,34)(H,36,39). The van der Waals surface area contributed by atoms with E-state index in [1.807, 2.05) is 60.0 Å². The molecule has 9 nitrogen and oxygen atoms in total. The summed E-state index contributed by atoms with van der Waals surface area (Å²) in [6.07, 6.45) is 9.66. The fourth-order valence-electron chi connectivity index (χ4n) is 6.51. The normalized spacial score (nSPS) is 21.6. The van der Waals surface area contributed by atoms with Gasteiger partial charge < -0.3 is 11.1 Å². The van der Waals surface area contributed by atoms with Gasteiger partial charge in [0.2, 0.25) is 5.91 Å². The van der Waals surface area contributed by atoms with Crippen LogP contribution in [0.1, 0.15) is 66.0 Å². The summed E-state index contributed by atoms with van der Waals surface area (Å²) < 4.78 is 2.04. The van der Waals surface area contributed by atoms with E-state index in [0.29, 0.717) is 11.4 Å². The lowest BCUT2D eigenvalue weighted by Crippen LogP contribution is -2.44. The zero-order chi connectivity index (χ0) is 27.2. The topological polar surface area (TPSA) is 139 Å². The van der Waals surface area contributed by atoms with E-state index in [1.165, 1.54) is 0 Å². The number of benzene rings is 1. The number of nitrogens with one attached hydrogen (secondary N) is 1. The van der Waals surface area contributed by atoms with Crippen LogP contribution in [0.4, 0.5) is 5.82 Å². The number of hydrogen-bond acceptors (Lipinski definition) is 7. The van der Waals surface area contributed by atoms with Gasteiger partial charge in [0.15, 0.2) is 5.78 Å². The number of carbonyl (C=O) groups excluding carboxylic acids is 2. The minimum Gasteiger partial charge on any atom is -0.382 e. The van der Waals surface area contributed by atoms with E-state index < -0.39 is 0 Å². The van der Waals surface area contributed by atoms with Crippen LogP contribution in [-0.2, 0) is 16.6 Å². The van der Waals surface area contributed by atoms with E-state index in [0.717, 1.165) is 66.0 Å². The van der Waals surface area contributed by atoms with Crippen molar-refractivity contribution < 1.29 is 9.59 Å². The van der Waals surface area contributed by atoms with Crippen molar-refractivity contribution in [3.63, 3.8) is 0 Å². The van der Waals surface area contributed by atoms with Crippen molar-refractivity contribution >= 4 is 23.0 Å². The molecule has 3 aromatic heterocycles. The third-order valence-corrected chi connectivity index (χ3v) is 8.34. The van der Waals surface area contributed by atoms with E-state index in [1.54, 1.807) is 12.4 Å². The number of nitriles is 1. The summed E-state index contributed by atoms with van der Waals surface area (Å²) in [4.78, 5) is 39.0. The average molecular weight is 520 g/mol. The van der Waals surface area contributed by atoms with Gasteiger partial charge in [-0.1, -0.05) is 24.3 Å². The van der Waals surface area contributed by atoms with Crippen LogP contribution in [0.15, 0.2) is 55.0 Å². The van der Waals surface area contributed by atoms with Crippen LogP contribution in [0.3, 0.4) is 0 Å². The van der Waals surface area contributed by atoms with Gasteiger partial charge in [-0.05, 0) is 56.7 Å². The molecule has 2 saturated carbocycles. The van der Waals surface area contributed by atoms with Crippen molar-refractivity contribution in [1.29, 1.82) is 5.26 Å². The van der Waals surface area contributed by atoms with Crippen molar-refractivity contribution in [3.05, 3.63) is 77.6 Å². The minimum absolute atomic E-state index is 0.00167. The van der Waals surface area contributed by atoms with E-state index >= 15 is 0 Å². The van der Waals surface area contributed by atoms with Gasteiger partial charge in [0.25, 0.3) is 0 Å². The molecule has 3 N–H and O–H groups in total. The maximum Gasteiger partial charge on any atom is 0.234 e. The van der Waals surface area contributed by atoms with Crippen molar-refractivity contribution in [3.8, 4) is 17.3 Å². The van der Waals surface area contributed by atoms with Crippen molar-refractivity contribution in [2.75, 3.05) is 5.73 Å². The van der Waals surface area contributed by atoms with Crippen LogP contribution < -0.4 is 11.1 Å². The number of amides is 1. The Morgan fingerprint density at radius 2 is 1.87 bits per heavy atom. The number of anilines is 1. The van der Waals surface area contributed by atoms with Crippen LogP contribution in [-0.4, -0.2) is 36.6 Å². The molecule has 0 saturated heterocycles. The Morgan fingerprint density at radius 1 is 1.10 bits per heavy atom. The van der Waals surface area contributed by atoms with Gasteiger partial charge in [0.05, 0.1) is 12.5 Å². The zero-order valence-electron chi connectivity index (χ0n) is 21.8. The van der Waals surface area contributed by atoms with Crippen LogP contribution in [0.5, 0.6) is 0 Å². The molecule has 0 radical (unpaired) electrons. The molecule has 2 fully saturated rings. The smallest absolute Gasteiger partial charge is 0.234 e. The number of Topliss-reactive ketones (excluding diaryl/α,β-unsaturated/α-hetero) is 1. The number of imidazole rings is 1. The van der Waals surface area contributed by atoms with Gasteiger partial charge in [0, 0.05) is 46.4 Å². The molecular weight excluding hydrogens is 490 g/mol. The molecule has 0 atom stereocenters. The third kappa shape index (κ3) is 4.32. The second kappa shape index (κ2) is 9.31. The maximum absolute atomic E-state index is 12.9. The zero-order valence-corrected chi connectivity index (χ0v) is 21.8. The number of aromatic nitrogens is 4. The van der Waals surface area contributed by atoms with E-state index in [9.17, 15) is 9.59 Å². The first-order valence-corrected chi connectivity index (χ1v) is 13.2. The van der Waals surface area contributed by atoms with Crippen molar-refractivity contribution in [2.24, 2.45) is 0 Å². The largest absolute Gasteiger partial charge is 0.382 e. The number of carbonyl (C=O) groups is 2. The van der Waals surface area contributed by atoms with E-state index in [-0.39, 0.29) is 35.5 Å². The Hall–Kier alpha value is -4.58. The summed E-state index contributed by atoms with van der Waals surface area (Å²) in [6.45, 7) is 1.98. The maximum atomic E-state index is 12.9. The lowest BCUT2D eigenvalue weighted by molar-refractivity contribution is -0.122. The second-order valence-corrected chi connectivity index (χ2v) is 10.9. The predicted molar refractivity (Wildman–Crippen MR) is 146 cm³/mol. The number of nitrogens with zero attached hydrogens (tertiary/aromatic N) is 5. The molecule has 0 spiro atoms. The third-order valence-electron chi connectivity index (χ3n) is 8.34. The summed E-state index contributed by atoms with van der Waals surface area (Å²) in [5.74, 6) is 1.09. The molecule has 1 aromatic carbocycles. The number of hydrogen-bond donors (Lipinski definition) is 2. The average Bonchev–Trinajstić information content (AvgIpc) is 3.60. The lowest BCUT2D eigenvalue weighted by Gasteiger charge is -2.28. The molecule has 39 heavy (non-hydrogen) atoms. The highest BCUT2D eigenvalue weighted by molar-refractivity contribution is 5.98. The van der Waals surface area contributed by atoms with Crippen LogP contribution in [0, 0.1) is 18.3 Å². The quantitative estimate of drug-likeness (QED) is 0.351. The van der Waals surface area contributed by atoms with Crippen LogP contribution in [0.25, 0.3) is 16.8 Å². The number of ketones is 1. The Morgan fingerprint density at radius 3 is 2.59 bits per heavy atom. The monoisotopic (exact) mass is 519 g/mol. The first kappa shape index (κ1) is 24.7. The number of pyridine rings is 1. The predicted octanol–water partition coefficient (Wildman–Crippen LogP) is 4.09. The van der Waals surface area contributed by atoms with Crippen LogP contribution in [0.2, 0.25) is 0 Å². The SMILES string of the molecule is Cc1ccnc(CC(=O)c2ccc(-c3nc(C45CCC(NC(=O)CC#N)(CC4)C5)n4ccnc(N)c34)cc2)c1. The first-order chi connectivity index (χ1) is 18.8. The summed E-state index contributed by atoms with van der Waals surface area (Å²) in [6, 6.07) is 13.2. The van der Waals surface area contributed by atoms with Gasteiger partial charge >= 0.3 is 0 Å². The molecule has 2 bridgehead atoms. The number of nitrogens with two attached hydrogens (primary N) is 1. The van der Waals surface area contributed by atoms with Crippen molar-refractivity contribution in [2.45, 2.75) is 62.8 Å². The van der Waals surface area contributed by atoms with Gasteiger partial charge in [0.1, 0.15) is 29.3 Å². The molecule has 2 aliphatic carbocycles. The molecule has 6 rings (SSSR count). The first-order valence-electron chi connectivity index (χ1n) is 13.2. The fraction of sp³-hybridized carbons (Fsp3) is 0.333. The number of rotatable bonds is 7. The Labute approximate surface area is 226 Å². The van der Waals surface area contributed by atoms with Gasteiger partial charge in [-0.2, -0.15) is 5.26 Å². The second-order valence-electron chi connectivity index (χ2n) is 10.9. The number of aryl methyl sites for hydroxylation is 1. The van der Waals surface area contributed by atoms with Crippen molar-refractivity contribution in [1.82, 2.24) is 24.7 Å². The Bertz CT molecular complexity index is 1640. The molecule has 4 aromatic rings. The minimum atomic E-state index is -0.299. The molecular formula is C30H29N7O2. The summed E-state index contributed by atoms with van der Waals surface area (Å²) >= 11 is 0. The molecule has 0 aliphatic heterocycles. The highest BCUT2D eigenvalue weighted by atomic mass is 16.1. The van der Waals surface area contributed by atoms with Gasteiger partial charge in [-0.3, -0.25) is 19.0 Å². The van der Waals surface area contributed by atoms with Crippen LogP contribution >= 0.6 is 0 Å². The lowest BCUT2D eigenvalue weighted by atomic mass is 9.83. The summed E-state index contributed by atoms with van der Waals surface area (Å²) in [5, 5.41) is 12.1. The Balaban J connectivity index is 1.32. The molecule has 196 valence electrons. The van der Waals surface area contributed by atoms with Gasteiger partial charge in [-0.15, -0.1) is 0 Å². The highest BCUT2D eigenvalue weighted by Gasteiger charge is 2.57. The van der Waals surface area contributed by atoms with E-state index in [2.05, 4.69) is 15.3 Å². The number of fused-ring (bicyclic) bond motifs is 3. The highest BCUT2D eigenvalue weighted by Crippen LogP contribution is 2.57. The summed E-state index contributed by atoms with van der Waals surface area (Å²) in [5.41, 5.74) is 10.6. The molecule has 0 unspecified atom stereocenters.